The Morgan fingerprint density at radius 3 is 2.52 bits per heavy atom. The van der Waals surface area contributed by atoms with Crippen molar-refractivity contribution >= 4 is 5.69 Å². The predicted molar refractivity (Wildman–Crippen MR) is 111 cm³/mol. The molecule has 4 rings (SSSR count). The van der Waals surface area contributed by atoms with E-state index in [2.05, 4.69) is 24.8 Å². The second-order valence-corrected chi connectivity index (χ2v) is 7.81. The first-order chi connectivity index (χ1) is 13.9. The number of aromatic amines is 1. The molecule has 0 bridgehead atoms. The molecule has 7 heteroatoms. The van der Waals surface area contributed by atoms with Crippen LogP contribution >= 0.6 is 0 Å². The van der Waals surface area contributed by atoms with Crippen LogP contribution in [-0.2, 0) is 5.60 Å². The molecule has 3 heterocycles. The first-order valence-corrected chi connectivity index (χ1v) is 9.85. The number of pyridine rings is 1. The van der Waals surface area contributed by atoms with Gasteiger partial charge in [0.05, 0.1) is 5.69 Å². The van der Waals surface area contributed by atoms with Gasteiger partial charge >= 0.3 is 0 Å². The first kappa shape index (κ1) is 19.5. The third kappa shape index (κ3) is 4.31. The molecule has 1 aliphatic rings. The van der Waals surface area contributed by atoms with E-state index in [1.165, 1.54) is 12.1 Å². The minimum absolute atomic E-state index is 0.219. The second kappa shape index (κ2) is 7.93. The minimum Gasteiger partial charge on any atom is -0.382 e. The molecule has 6 nitrogen and oxygen atoms in total. The number of β-amino-alcohol motifs (C(OH)–C–C–N with tert-alkyl or cyclic N) is 1. The number of hydrogen-bond donors (Lipinski definition) is 2. The molecule has 1 aromatic carbocycles. The number of hydrogen-bond acceptors (Lipinski definition) is 5. The van der Waals surface area contributed by atoms with E-state index in [1.807, 2.05) is 38.1 Å². The Kier molecular flexibility index (Phi) is 5.34. The fraction of sp³-hybridized carbons (Fsp3) is 0.364. The number of nitrogens with one attached hydrogen (secondary N) is 1. The Bertz CT molecular complexity index is 947. The minimum atomic E-state index is -1.07. The summed E-state index contributed by atoms with van der Waals surface area (Å²) in [4.78, 5) is 16.6. The van der Waals surface area contributed by atoms with E-state index >= 15 is 0 Å². The Morgan fingerprint density at radius 2 is 1.86 bits per heavy atom. The van der Waals surface area contributed by atoms with Gasteiger partial charge in [-0.2, -0.15) is 0 Å². The van der Waals surface area contributed by atoms with Crippen LogP contribution in [0, 0.1) is 12.7 Å². The van der Waals surface area contributed by atoms with Crippen LogP contribution in [0.25, 0.3) is 11.4 Å². The molecule has 1 atom stereocenters. The number of halogens is 1. The maximum absolute atomic E-state index is 13.1. The quantitative estimate of drug-likeness (QED) is 0.695. The largest absolute Gasteiger partial charge is 0.382 e. The van der Waals surface area contributed by atoms with Crippen LogP contribution in [0.5, 0.6) is 0 Å². The zero-order valence-electron chi connectivity index (χ0n) is 16.8. The van der Waals surface area contributed by atoms with Gasteiger partial charge in [0.15, 0.2) is 0 Å². The van der Waals surface area contributed by atoms with Crippen molar-refractivity contribution in [3.8, 4) is 11.4 Å². The van der Waals surface area contributed by atoms with Gasteiger partial charge in [-0.05, 0) is 50.2 Å². The van der Waals surface area contributed by atoms with Gasteiger partial charge < -0.3 is 15.0 Å². The Labute approximate surface area is 170 Å². The van der Waals surface area contributed by atoms with Crippen molar-refractivity contribution in [2.45, 2.75) is 19.4 Å². The first-order valence-electron chi connectivity index (χ1n) is 9.85. The molecule has 1 fully saturated rings. The Hall–Kier alpha value is -2.77. The summed E-state index contributed by atoms with van der Waals surface area (Å²) in [5.41, 5.74) is 2.38. The summed E-state index contributed by atoms with van der Waals surface area (Å²) in [7, 11) is 0. The van der Waals surface area contributed by atoms with Gasteiger partial charge in [-0.1, -0.05) is 0 Å². The summed E-state index contributed by atoms with van der Waals surface area (Å²) in [6.07, 6.45) is 3.48. The maximum Gasteiger partial charge on any atom is 0.139 e. The number of aliphatic hydroxyl groups is 1. The van der Waals surface area contributed by atoms with Crippen molar-refractivity contribution in [1.29, 1.82) is 0 Å². The van der Waals surface area contributed by atoms with Gasteiger partial charge in [-0.3, -0.25) is 9.88 Å². The molecule has 0 spiro atoms. The zero-order chi connectivity index (χ0) is 20.4. The number of nitrogens with zero attached hydrogens (tertiary/aromatic N) is 4. The van der Waals surface area contributed by atoms with Gasteiger partial charge in [0.25, 0.3) is 0 Å². The van der Waals surface area contributed by atoms with Crippen molar-refractivity contribution < 1.29 is 9.50 Å². The lowest BCUT2D eigenvalue weighted by atomic mass is 9.99. The van der Waals surface area contributed by atoms with Crippen LogP contribution in [0.15, 0.2) is 48.8 Å². The normalized spacial score (nSPS) is 17.3. The number of anilines is 1. The van der Waals surface area contributed by atoms with E-state index in [9.17, 15) is 9.50 Å². The van der Waals surface area contributed by atoms with Gasteiger partial charge in [0.1, 0.15) is 17.2 Å². The molecule has 3 aromatic rings. The molecule has 0 amide bonds. The van der Waals surface area contributed by atoms with Crippen LogP contribution in [-0.4, -0.2) is 57.7 Å². The third-order valence-corrected chi connectivity index (χ3v) is 5.43. The summed E-state index contributed by atoms with van der Waals surface area (Å²) in [6, 6.07) is 10.4. The summed E-state index contributed by atoms with van der Waals surface area (Å²) < 4.78 is 13.1. The van der Waals surface area contributed by atoms with Crippen LogP contribution in [0.1, 0.15) is 18.3 Å². The summed E-state index contributed by atoms with van der Waals surface area (Å²) in [5.74, 6) is 0.496. The molecule has 2 N–H and O–H groups in total. The topological polar surface area (TPSA) is 68.3 Å². The molecular weight excluding hydrogens is 369 g/mol. The number of rotatable bonds is 5. The zero-order valence-corrected chi connectivity index (χ0v) is 16.8. The van der Waals surface area contributed by atoms with E-state index in [0.29, 0.717) is 18.1 Å². The van der Waals surface area contributed by atoms with E-state index in [4.69, 9.17) is 0 Å². The van der Waals surface area contributed by atoms with Gasteiger partial charge in [0.2, 0.25) is 0 Å². The maximum atomic E-state index is 13.1. The Balaban J connectivity index is 1.42. The lowest BCUT2D eigenvalue weighted by molar-refractivity contribution is 0.0105. The molecule has 0 radical (unpaired) electrons. The van der Waals surface area contributed by atoms with E-state index in [1.54, 1.807) is 12.4 Å². The third-order valence-electron chi connectivity index (χ3n) is 5.43. The van der Waals surface area contributed by atoms with Crippen molar-refractivity contribution in [2.75, 3.05) is 37.6 Å². The molecule has 1 aliphatic heterocycles. The second-order valence-electron chi connectivity index (χ2n) is 7.81. The standard InChI is InChI=1S/C22H26FN5O/c1-16-20(26-21(25-16)17-4-3-9-24-14-17)22(2,29)15-27-10-12-28(13-11-27)19-7-5-18(23)6-8-19/h3-9,14,29H,10-13,15H2,1-2H3,(H,25,26). The van der Waals surface area contributed by atoms with E-state index < -0.39 is 5.60 Å². The van der Waals surface area contributed by atoms with Gasteiger partial charge in [-0.25, -0.2) is 9.37 Å². The Morgan fingerprint density at radius 1 is 1.14 bits per heavy atom. The summed E-state index contributed by atoms with van der Waals surface area (Å²) in [6.45, 7) is 7.57. The smallest absolute Gasteiger partial charge is 0.139 e. The van der Waals surface area contributed by atoms with Crippen molar-refractivity contribution in [3.63, 3.8) is 0 Å². The molecule has 29 heavy (non-hydrogen) atoms. The average molecular weight is 395 g/mol. The lowest BCUT2D eigenvalue weighted by Crippen LogP contribution is -2.50. The molecular formula is C22H26FN5O. The highest BCUT2D eigenvalue weighted by Crippen LogP contribution is 2.27. The van der Waals surface area contributed by atoms with Gasteiger partial charge in [-0.15, -0.1) is 0 Å². The highest BCUT2D eigenvalue weighted by Gasteiger charge is 2.32. The molecule has 152 valence electrons. The van der Waals surface area contributed by atoms with Gasteiger partial charge in [0, 0.05) is 62.1 Å². The number of aromatic nitrogens is 3. The summed E-state index contributed by atoms with van der Waals surface area (Å²) >= 11 is 0. The highest BCUT2D eigenvalue weighted by atomic mass is 19.1. The SMILES string of the molecule is Cc1[nH]c(-c2cccnc2)nc1C(C)(O)CN1CCN(c2ccc(F)cc2)CC1. The number of benzene rings is 1. The van der Waals surface area contributed by atoms with Crippen molar-refractivity contribution in [1.82, 2.24) is 19.9 Å². The number of imidazole rings is 1. The fourth-order valence-corrected chi connectivity index (χ4v) is 3.95. The fourth-order valence-electron chi connectivity index (χ4n) is 3.95. The van der Waals surface area contributed by atoms with E-state index in [0.717, 1.165) is 43.1 Å². The predicted octanol–water partition coefficient (Wildman–Crippen LogP) is 2.95. The molecule has 0 saturated carbocycles. The molecule has 1 unspecified atom stereocenters. The summed E-state index contributed by atoms with van der Waals surface area (Å²) in [5, 5.41) is 11.2. The molecule has 0 aliphatic carbocycles. The number of H-pyrrole nitrogens is 1. The number of aryl methyl sites for hydroxylation is 1. The van der Waals surface area contributed by atoms with Crippen LogP contribution in [0.2, 0.25) is 0 Å². The molecule has 2 aromatic heterocycles. The van der Waals surface area contributed by atoms with Crippen LogP contribution in [0.4, 0.5) is 10.1 Å². The van der Waals surface area contributed by atoms with Crippen LogP contribution in [0.3, 0.4) is 0 Å². The highest BCUT2D eigenvalue weighted by molar-refractivity contribution is 5.54. The lowest BCUT2D eigenvalue weighted by Gasteiger charge is -2.39. The monoisotopic (exact) mass is 395 g/mol. The molecule has 1 saturated heterocycles. The number of piperazine rings is 1. The average Bonchev–Trinajstić information content (AvgIpc) is 3.12. The van der Waals surface area contributed by atoms with Crippen molar-refractivity contribution in [3.05, 3.63) is 66.0 Å². The van der Waals surface area contributed by atoms with Crippen molar-refractivity contribution in [2.24, 2.45) is 0 Å². The van der Waals surface area contributed by atoms with E-state index in [-0.39, 0.29) is 5.82 Å². The van der Waals surface area contributed by atoms with Crippen LogP contribution < -0.4 is 4.90 Å².